The molecule has 0 aromatic heterocycles. The van der Waals surface area contributed by atoms with Crippen LogP contribution in [0.3, 0.4) is 0 Å². The van der Waals surface area contributed by atoms with Gasteiger partial charge in [0.2, 0.25) is 5.91 Å². The Bertz CT molecular complexity index is 416. The average Bonchev–Trinajstić information content (AvgIpc) is 2.27. The van der Waals surface area contributed by atoms with E-state index in [1.54, 1.807) is 12.2 Å². The van der Waals surface area contributed by atoms with E-state index in [1.807, 2.05) is 6.92 Å². The highest BCUT2D eigenvalue weighted by Crippen LogP contribution is 2.39. The smallest absolute Gasteiger partial charge is 0.352 e. The number of fused-ring (bicyclic) bond motifs is 1. The third-order valence-electron chi connectivity index (χ3n) is 2.61. The molecule has 2 rings (SSSR count). The maximum atomic E-state index is 11.5. The van der Waals surface area contributed by atoms with Gasteiger partial charge in [0.05, 0.1) is 0 Å². The Balaban J connectivity index is 2.41. The first-order valence-electron chi connectivity index (χ1n) is 4.87. The number of aliphatic carboxylic acids is 1. The van der Waals surface area contributed by atoms with E-state index in [2.05, 4.69) is 0 Å². The molecule has 16 heavy (non-hydrogen) atoms. The van der Waals surface area contributed by atoms with Crippen molar-refractivity contribution in [2.24, 2.45) is 5.73 Å². The second kappa shape index (κ2) is 3.95. The Morgan fingerprint density at radius 3 is 2.94 bits per heavy atom. The molecule has 5 nitrogen and oxygen atoms in total. The summed E-state index contributed by atoms with van der Waals surface area (Å²) in [5.41, 5.74) is 6.35. The molecule has 0 aliphatic carbocycles. The molecule has 0 unspecified atom stereocenters. The fourth-order valence-electron chi connectivity index (χ4n) is 1.87. The molecule has 2 aliphatic rings. The molecule has 3 N–H and O–H groups in total. The lowest BCUT2D eigenvalue weighted by molar-refractivity contribution is -0.147. The highest BCUT2D eigenvalue weighted by molar-refractivity contribution is 8.00. The van der Waals surface area contributed by atoms with Crippen LogP contribution < -0.4 is 5.73 Å². The summed E-state index contributed by atoms with van der Waals surface area (Å²) < 4.78 is 0. The maximum Gasteiger partial charge on any atom is 0.352 e. The zero-order valence-electron chi connectivity index (χ0n) is 8.71. The molecular weight excluding hydrogens is 228 g/mol. The van der Waals surface area contributed by atoms with Crippen LogP contribution in [0, 0.1) is 0 Å². The number of rotatable bonds is 2. The van der Waals surface area contributed by atoms with E-state index in [-0.39, 0.29) is 17.0 Å². The van der Waals surface area contributed by atoms with Gasteiger partial charge in [-0.15, -0.1) is 11.8 Å². The van der Waals surface area contributed by atoms with Crippen molar-refractivity contribution in [2.45, 2.75) is 18.3 Å². The van der Waals surface area contributed by atoms with Crippen LogP contribution in [0.15, 0.2) is 23.4 Å². The molecule has 0 saturated carbocycles. The van der Waals surface area contributed by atoms with Gasteiger partial charge in [-0.3, -0.25) is 9.69 Å². The van der Waals surface area contributed by atoms with Crippen molar-refractivity contribution >= 4 is 23.6 Å². The van der Waals surface area contributed by atoms with Gasteiger partial charge >= 0.3 is 5.97 Å². The predicted octanol–water partition coefficient (Wildman–Crippen LogP) is 0.144. The molecule has 86 valence electrons. The Morgan fingerprint density at radius 1 is 1.69 bits per heavy atom. The molecule has 0 radical (unpaired) electrons. The SMILES string of the molecule is C/C=C/C1=C(C(=O)O)N2C(=O)[C@H](N)[C@@H]2SC1. The zero-order chi connectivity index (χ0) is 11.9. The van der Waals surface area contributed by atoms with Crippen molar-refractivity contribution in [1.82, 2.24) is 4.90 Å². The summed E-state index contributed by atoms with van der Waals surface area (Å²) in [6.07, 6.45) is 3.49. The lowest BCUT2D eigenvalue weighted by Crippen LogP contribution is -2.68. The monoisotopic (exact) mass is 240 g/mol. The van der Waals surface area contributed by atoms with Gasteiger partial charge in [-0.05, 0) is 12.5 Å². The summed E-state index contributed by atoms with van der Waals surface area (Å²) in [4.78, 5) is 24.0. The average molecular weight is 240 g/mol. The van der Waals surface area contributed by atoms with Crippen LogP contribution in [0.1, 0.15) is 6.92 Å². The van der Waals surface area contributed by atoms with E-state index in [0.29, 0.717) is 11.3 Å². The summed E-state index contributed by atoms with van der Waals surface area (Å²) in [7, 11) is 0. The Labute approximate surface area is 97.0 Å². The molecule has 0 aromatic carbocycles. The van der Waals surface area contributed by atoms with Crippen LogP contribution in [0.25, 0.3) is 0 Å². The van der Waals surface area contributed by atoms with Gasteiger partial charge in [0.15, 0.2) is 0 Å². The van der Waals surface area contributed by atoms with E-state index in [1.165, 1.54) is 16.7 Å². The maximum absolute atomic E-state index is 11.5. The zero-order valence-corrected chi connectivity index (χ0v) is 9.53. The Kier molecular flexibility index (Phi) is 2.77. The number of carbonyl (C=O) groups is 2. The molecule has 2 heterocycles. The standard InChI is InChI=1S/C10H12N2O3S/c1-2-3-5-4-16-9-6(11)8(13)12(9)7(5)10(14)15/h2-3,6,9H,4,11H2,1H3,(H,14,15)/b3-2+/t6-,9-/m0/s1. The summed E-state index contributed by atoms with van der Waals surface area (Å²) in [5.74, 6) is -0.802. The normalized spacial score (nSPS) is 29.4. The van der Waals surface area contributed by atoms with Crippen molar-refractivity contribution in [3.05, 3.63) is 23.4 Å². The summed E-state index contributed by atoms with van der Waals surface area (Å²) in [6.45, 7) is 1.81. The number of hydrogen-bond donors (Lipinski definition) is 2. The minimum Gasteiger partial charge on any atom is -0.477 e. The molecule has 6 heteroatoms. The van der Waals surface area contributed by atoms with Crippen molar-refractivity contribution in [1.29, 1.82) is 0 Å². The largest absolute Gasteiger partial charge is 0.477 e. The number of nitrogens with two attached hydrogens (primary N) is 1. The molecule has 2 aliphatic heterocycles. The quantitative estimate of drug-likeness (QED) is 0.671. The fraction of sp³-hybridized carbons (Fsp3) is 0.400. The minimum absolute atomic E-state index is 0.0774. The second-order valence-corrected chi connectivity index (χ2v) is 4.72. The number of carboxylic acid groups (broad SMARTS) is 1. The summed E-state index contributed by atoms with van der Waals surface area (Å²) in [6, 6.07) is -0.563. The molecule has 1 fully saturated rings. The number of allylic oxidation sites excluding steroid dienone is 2. The van der Waals surface area contributed by atoms with Crippen LogP contribution in [-0.4, -0.2) is 39.1 Å². The van der Waals surface area contributed by atoms with E-state index in [0.717, 1.165) is 0 Å². The minimum atomic E-state index is -1.07. The van der Waals surface area contributed by atoms with Crippen LogP contribution in [-0.2, 0) is 9.59 Å². The van der Waals surface area contributed by atoms with Crippen LogP contribution in [0.5, 0.6) is 0 Å². The lowest BCUT2D eigenvalue weighted by Gasteiger charge is -2.47. The first-order chi connectivity index (χ1) is 7.57. The lowest BCUT2D eigenvalue weighted by atomic mass is 10.0. The van der Waals surface area contributed by atoms with E-state index in [9.17, 15) is 9.59 Å². The number of β-lactam (4-membered cyclic amide) rings is 1. The predicted molar refractivity (Wildman–Crippen MR) is 60.5 cm³/mol. The van der Waals surface area contributed by atoms with Crippen LogP contribution in [0.4, 0.5) is 0 Å². The van der Waals surface area contributed by atoms with Crippen molar-refractivity contribution < 1.29 is 14.7 Å². The van der Waals surface area contributed by atoms with Crippen LogP contribution in [0.2, 0.25) is 0 Å². The van der Waals surface area contributed by atoms with Crippen molar-refractivity contribution in [2.75, 3.05) is 5.75 Å². The van der Waals surface area contributed by atoms with Gasteiger partial charge in [-0.2, -0.15) is 0 Å². The number of thioether (sulfide) groups is 1. The Hall–Kier alpha value is -1.27. The molecular formula is C10H12N2O3S. The van der Waals surface area contributed by atoms with E-state index < -0.39 is 12.0 Å². The van der Waals surface area contributed by atoms with Gasteiger partial charge in [-0.25, -0.2) is 4.79 Å². The first-order valence-corrected chi connectivity index (χ1v) is 5.92. The van der Waals surface area contributed by atoms with Gasteiger partial charge in [0.25, 0.3) is 0 Å². The molecule has 0 aromatic rings. The van der Waals surface area contributed by atoms with Gasteiger partial charge in [-0.1, -0.05) is 12.2 Å². The third kappa shape index (κ3) is 1.45. The summed E-state index contributed by atoms with van der Waals surface area (Å²) >= 11 is 1.50. The number of nitrogens with zero attached hydrogens (tertiary/aromatic N) is 1. The first kappa shape index (κ1) is 11.2. The molecule has 2 atom stereocenters. The van der Waals surface area contributed by atoms with Gasteiger partial charge in [0, 0.05) is 5.75 Å². The summed E-state index contributed by atoms with van der Waals surface area (Å²) in [5, 5.41) is 8.91. The second-order valence-electron chi connectivity index (χ2n) is 3.61. The molecule has 0 bridgehead atoms. The number of carboxylic acids is 1. The fourth-order valence-corrected chi connectivity index (χ4v) is 3.13. The third-order valence-corrected chi connectivity index (χ3v) is 3.93. The molecule has 0 spiro atoms. The van der Waals surface area contributed by atoms with Crippen LogP contribution >= 0.6 is 11.8 Å². The highest BCUT2D eigenvalue weighted by atomic mass is 32.2. The number of hydrogen-bond acceptors (Lipinski definition) is 4. The van der Waals surface area contributed by atoms with Gasteiger partial charge < -0.3 is 10.8 Å². The topological polar surface area (TPSA) is 83.6 Å². The van der Waals surface area contributed by atoms with E-state index >= 15 is 0 Å². The Morgan fingerprint density at radius 2 is 2.38 bits per heavy atom. The molecule has 1 amide bonds. The number of amides is 1. The highest BCUT2D eigenvalue weighted by Gasteiger charge is 2.51. The number of carbonyl (C=O) groups excluding carboxylic acids is 1. The van der Waals surface area contributed by atoms with E-state index in [4.69, 9.17) is 10.8 Å². The van der Waals surface area contributed by atoms with Crippen molar-refractivity contribution in [3.8, 4) is 0 Å². The van der Waals surface area contributed by atoms with Crippen molar-refractivity contribution in [3.63, 3.8) is 0 Å². The van der Waals surface area contributed by atoms with Gasteiger partial charge in [0.1, 0.15) is 17.1 Å². The molecule has 1 saturated heterocycles.